The molecule has 0 radical (unpaired) electrons. The van der Waals surface area contributed by atoms with Crippen molar-refractivity contribution >= 4 is 33.3 Å². The van der Waals surface area contributed by atoms with E-state index in [-0.39, 0.29) is 17.3 Å². The van der Waals surface area contributed by atoms with Gasteiger partial charge in [-0.3, -0.25) is 4.98 Å². The molecule has 2 aromatic rings. The summed E-state index contributed by atoms with van der Waals surface area (Å²) < 4.78 is 28.5. The number of aryl methyl sites for hydroxylation is 1. The van der Waals surface area contributed by atoms with Crippen LogP contribution in [0.15, 0.2) is 35.4 Å². The topological polar surface area (TPSA) is 85.1 Å². The molecule has 1 saturated carbocycles. The SMILES string of the molecule is Cc1cnc2c(S(=O)(=O)NC3(CN)CCCC3)cccc2c1.Cl. The van der Waals surface area contributed by atoms with Gasteiger partial charge < -0.3 is 5.73 Å². The Hall–Kier alpha value is -1.21. The van der Waals surface area contributed by atoms with Gasteiger partial charge in [-0.2, -0.15) is 0 Å². The van der Waals surface area contributed by atoms with Crippen molar-refractivity contribution in [3.8, 4) is 0 Å². The molecule has 3 rings (SSSR count). The Balaban J connectivity index is 0.00000192. The number of hydrogen-bond acceptors (Lipinski definition) is 4. The van der Waals surface area contributed by atoms with Crippen molar-refractivity contribution in [2.75, 3.05) is 6.54 Å². The zero-order chi connectivity index (χ0) is 15.8. The fraction of sp³-hybridized carbons (Fsp3) is 0.438. The maximum atomic E-state index is 12.8. The molecule has 0 bridgehead atoms. The molecule has 1 aromatic carbocycles. The van der Waals surface area contributed by atoms with Gasteiger partial charge in [-0.25, -0.2) is 13.1 Å². The molecule has 5 nitrogen and oxygen atoms in total. The largest absolute Gasteiger partial charge is 0.329 e. The van der Waals surface area contributed by atoms with Gasteiger partial charge >= 0.3 is 0 Å². The summed E-state index contributed by atoms with van der Waals surface area (Å²) in [5.74, 6) is 0. The number of sulfonamides is 1. The van der Waals surface area contributed by atoms with Gasteiger partial charge in [0.15, 0.2) is 0 Å². The zero-order valence-electron chi connectivity index (χ0n) is 13.1. The predicted octanol–water partition coefficient (Wildman–Crippen LogP) is 2.51. The normalized spacial score (nSPS) is 17.1. The molecule has 0 aliphatic heterocycles. The predicted molar refractivity (Wildman–Crippen MR) is 94.3 cm³/mol. The van der Waals surface area contributed by atoms with Crippen LogP contribution >= 0.6 is 12.4 Å². The molecular formula is C16H22ClN3O2S. The first-order valence-electron chi connectivity index (χ1n) is 7.55. The highest BCUT2D eigenvalue weighted by Gasteiger charge is 2.37. The van der Waals surface area contributed by atoms with Crippen molar-refractivity contribution < 1.29 is 8.42 Å². The monoisotopic (exact) mass is 355 g/mol. The molecule has 0 atom stereocenters. The fourth-order valence-electron chi connectivity index (χ4n) is 3.20. The van der Waals surface area contributed by atoms with E-state index >= 15 is 0 Å². The van der Waals surface area contributed by atoms with Crippen LogP contribution in [-0.4, -0.2) is 25.5 Å². The van der Waals surface area contributed by atoms with Gasteiger partial charge in [0.1, 0.15) is 4.90 Å². The van der Waals surface area contributed by atoms with E-state index in [1.807, 2.05) is 19.1 Å². The summed E-state index contributed by atoms with van der Waals surface area (Å²) in [6.45, 7) is 2.26. The third-order valence-electron chi connectivity index (χ3n) is 4.40. The second-order valence-electron chi connectivity index (χ2n) is 6.14. The van der Waals surface area contributed by atoms with Gasteiger partial charge in [-0.15, -0.1) is 12.4 Å². The number of nitrogens with zero attached hydrogens (tertiary/aromatic N) is 1. The highest BCUT2D eigenvalue weighted by atomic mass is 35.5. The lowest BCUT2D eigenvalue weighted by Crippen LogP contribution is -2.51. The minimum Gasteiger partial charge on any atom is -0.329 e. The first-order valence-corrected chi connectivity index (χ1v) is 9.04. The summed E-state index contributed by atoms with van der Waals surface area (Å²) in [7, 11) is -3.65. The molecule has 0 amide bonds. The smallest absolute Gasteiger partial charge is 0.243 e. The van der Waals surface area contributed by atoms with Crippen LogP contribution < -0.4 is 10.5 Å². The van der Waals surface area contributed by atoms with E-state index in [2.05, 4.69) is 9.71 Å². The van der Waals surface area contributed by atoms with Gasteiger partial charge in [0.25, 0.3) is 0 Å². The van der Waals surface area contributed by atoms with Crippen molar-refractivity contribution in [3.05, 3.63) is 36.0 Å². The Labute approximate surface area is 143 Å². The molecule has 1 aromatic heterocycles. The number of nitrogens with one attached hydrogen (secondary N) is 1. The lowest BCUT2D eigenvalue weighted by atomic mass is 10.0. The van der Waals surface area contributed by atoms with Crippen LogP contribution in [0.5, 0.6) is 0 Å². The van der Waals surface area contributed by atoms with Crippen molar-refractivity contribution in [3.63, 3.8) is 0 Å². The van der Waals surface area contributed by atoms with Gasteiger partial charge in [-0.1, -0.05) is 25.0 Å². The van der Waals surface area contributed by atoms with Gasteiger partial charge in [0, 0.05) is 23.7 Å². The summed E-state index contributed by atoms with van der Waals surface area (Å²) in [4.78, 5) is 4.55. The van der Waals surface area contributed by atoms with E-state index in [0.717, 1.165) is 36.6 Å². The van der Waals surface area contributed by atoms with E-state index in [9.17, 15) is 8.42 Å². The number of pyridine rings is 1. The standard InChI is InChI=1S/C16H21N3O2S.ClH/c1-12-9-13-5-4-6-14(15(13)18-10-12)22(20,21)19-16(11-17)7-2-3-8-16;/h4-6,9-10,19H,2-3,7-8,11,17H2,1H3;1H. The highest BCUT2D eigenvalue weighted by molar-refractivity contribution is 7.89. The molecule has 0 spiro atoms. The average molecular weight is 356 g/mol. The summed E-state index contributed by atoms with van der Waals surface area (Å²) in [5.41, 5.74) is 6.85. The maximum Gasteiger partial charge on any atom is 0.243 e. The van der Waals surface area contributed by atoms with Crippen molar-refractivity contribution in [1.82, 2.24) is 9.71 Å². The Morgan fingerprint density at radius 2 is 2.00 bits per heavy atom. The highest BCUT2D eigenvalue weighted by Crippen LogP contribution is 2.31. The summed E-state index contributed by atoms with van der Waals surface area (Å²) in [6.07, 6.45) is 5.29. The molecular weight excluding hydrogens is 334 g/mol. The van der Waals surface area contributed by atoms with E-state index < -0.39 is 15.6 Å². The van der Waals surface area contributed by atoms with E-state index in [1.54, 1.807) is 18.3 Å². The molecule has 1 fully saturated rings. The minimum atomic E-state index is -3.65. The summed E-state index contributed by atoms with van der Waals surface area (Å²) in [5, 5.41) is 0.830. The second-order valence-corrected chi connectivity index (χ2v) is 7.79. The number of rotatable bonds is 4. The lowest BCUT2D eigenvalue weighted by molar-refractivity contribution is 0.399. The molecule has 1 aliphatic carbocycles. The third-order valence-corrected chi connectivity index (χ3v) is 6.01. The molecule has 23 heavy (non-hydrogen) atoms. The first kappa shape index (κ1) is 18.1. The number of aromatic nitrogens is 1. The number of hydrogen-bond donors (Lipinski definition) is 2. The van der Waals surface area contributed by atoms with Crippen LogP contribution in [0.25, 0.3) is 10.9 Å². The van der Waals surface area contributed by atoms with Gasteiger partial charge in [-0.05, 0) is 37.5 Å². The quantitative estimate of drug-likeness (QED) is 0.882. The van der Waals surface area contributed by atoms with E-state index in [0.29, 0.717) is 12.1 Å². The van der Waals surface area contributed by atoms with E-state index in [4.69, 9.17) is 5.73 Å². The fourth-order valence-corrected chi connectivity index (χ4v) is 4.85. The molecule has 0 unspecified atom stereocenters. The Kier molecular flexibility index (Phi) is 5.30. The van der Waals surface area contributed by atoms with Crippen LogP contribution in [0.1, 0.15) is 31.2 Å². The van der Waals surface area contributed by atoms with Crippen LogP contribution in [0.4, 0.5) is 0 Å². The first-order chi connectivity index (χ1) is 10.5. The van der Waals surface area contributed by atoms with Crippen LogP contribution in [0.3, 0.4) is 0 Å². The van der Waals surface area contributed by atoms with Crippen molar-refractivity contribution in [2.45, 2.75) is 43.0 Å². The number of para-hydroxylation sites is 1. The average Bonchev–Trinajstić information content (AvgIpc) is 2.94. The number of halogens is 1. The van der Waals surface area contributed by atoms with Crippen LogP contribution in [0.2, 0.25) is 0 Å². The number of benzene rings is 1. The molecule has 1 heterocycles. The maximum absolute atomic E-state index is 12.8. The lowest BCUT2D eigenvalue weighted by Gasteiger charge is -2.28. The molecule has 3 N–H and O–H groups in total. The molecule has 126 valence electrons. The van der Waals surface area contributed by atoms with Crippen LogP contribution in [0, 0.1) is 6.92 Å². The third kappa shape index (κ3) is 3.50. The van der Waals surface area contributed by atoms with Gasteiger partial charge in [0.2, 0.25) is 10.0 Å². The van der Waals surface area contributed by atoms with Crippen LogP contribution in [-0.2, 0) is 10.0 Å². The summed E-state index contributed by atoms with van der Waals surface area (Å²) >= 11 is 0. The van der Waals surface area contributed by atoms with Gasteiger partial charge in [0.05, 0.1) is 5.52 Å². The molecule has 0 saturated heterocycles. The Morgan fingerprint density at radius 3 is 2.65 bits per heavy atom. The van der Waals surface area contributed by atoms with E-state index in [1.165, 1.54) is 0 Å². The number of fused-ring (bicyclic) bond motifs is 1. The van der Waals surface area contributed by atoms with Crippen molar-refractivity contribution in [2.24, 2.45) is 5.73 Å². The second kappa shape index (κ2) is 6.73. The molecule has 7 heteroatoms. The Morgan fingerprint density at radius 1 is 1.30 bits per heavy atom. The van der Waals surface area contributed by atoms with Crippen molar-refractivity contribution in [1.29, 1.82) is 0 Å². The molecule has 1 aliphatic rings. The number of nitrogens with two attached hydrogens (primary N) is 1. The zero-order valence-corrected chi connectivity index (χ0v) is 14.7. The minimum absolute atomic E-state index is 0. The Bertz CT molecular complexity index is 802. The summed E-state index contributed by atoms with van der Waals surface area (Å²) in [6, 6.07) is 7.17.